The molecule has 108 valence electrons. The van der Waals surface area contributed by atoms with Crippen molar-refractivity contribution in [2.75, 3.05) is 0 Å². The zero-order valence-electron chi connectivity index (χ0n) is 12.4. The Labute approximate surface area is 125 Å². The molecule has 1 aromatic carbocycles. The summed E-state index contributed by atoms with van der Waals surface area (Å²) in [4.78, 5) is 0. The van der Waals surface area contributed by atoms with Crippen LogP contribution in [-0.4, -0.2) is 14.9 Å². The fraction of sp³-hybridized carbons (Fsp3) is 0.438. The summed E-state index contributed by atoms with van der Waals surface area (Å²) in [5, 5.41) is 15.3. The second kappa shape index (κ2) is 5.98. The molecule has 1 atom stereocenters. The van der Waals surface area contributed by atoms with Crippen LogP contribution in [0.1, 0.15) is 48.4 Å². The Balaban J connectivity index is 2.28. The van der Waals surface area contributed by atoms with Crippen molar-refractivity contribution in [2.45, 2.75) is 46.3 Å². The highest BCUT2D eigenvalue weighted by atomic mass is 35.5. The van der Waals surface area contributed by atoms with Gasteiger partial charge in [-0.25, -0.2) is 0 Å². The Kier molecular flexibility index (Phi) is 4.51. The van der Waals surface area contributed by atoms with Crippen molar-refractivity contribution in [1.29, 1.82) is 0 Å². The number of aliphatic hydroxyl groups is 1. The van der Waals surface area contributed by atoms with Gasteiger partial charge < -0.3 is 5.11 Å². The summed E-state index contributed by atoms with van der Waals surface area (Å²) in [5.74, 6) is 0. The lowest BCUT2D eigenvalue weighted by Crippen LogP contribution is -2.13. The second-order valence-electron chi connectivity index (χ2n) is 5.63. The Morgan fingerprint density at radius 2 is 1.80 bits per heavy atom. The van der Waals surface area contributed by atoms with Gasteiger partial charge in [0.2, 0.25) is 0 Å². The fourth-order valence-corrected chi connectivity index (χ4v) is 2.84. The molecular formula is C16H21ClN2O. The number of rotatable bonds is 4. The first kappa shape index (κ1) is 15.1. The fourth-order valence-electron chi connectivity index (χ4n) is 2.58. The van der Waals surface area contributed by atoms with Gasteiger partial charge in [0.25, 0.3) is 0 Å². The third-order valence-corrected chi connectivity index (χ3v) is 3.59. The maximum absolute atomic E-state index is 10.5. The van der Waals surface area contributed by atoms with Crippen molar-refractivity contribution < 1.29 is 5.11 Å². The highest BCUT2D eigenvalue weighted by Gasteiger charge is 2.20. The van der Waals surface area contributed by atoms with Crippen LogP contribution in [-0.2, 0) is 6.42 Å². The van der Waals surface area contributed by atoms with E-state index in [0.717, 1.165) is 5.56 Å². The molecule has 0 aliphatic heterocycles. The van der Waals surface area contributed by atoms with Crippen LogP contribution >= 0.6 is 11.6 Å². The minimum atomic E-state index is -0.645. The van der Waals surface area contributed by atoms with E-state index in [2.05, 4.69) is 37.1 Å². The number of aryl methyl sites for hydroxylation is 2. The molecular weight excluding hydrogens is 272 g/mol. The van der Waals surface area contributed by atoms with Gasteiger partial charge in [-0.3, -0.25) is 4.68 Å². The lowest BCUT2D eigenvalue weighted by molar-refractivity contribution is 0.165. The molecule has 0 saturated carbocycles. The van der Waals surface area contributed by atoms with Gasteiger partial charge in [-0.1, -0.05) is 40.9 Å². The number of benzene rings is 1. The van der Waals surface area contributed by atoms with E-state index < -0.39 is 6.10 Å². The van der Waals surface area contributed by atoms with Gasteiger partial charge in [-0.2, -0.15) is 5.10 Å². The molecule has 2 rings (SSSR count). The van der Waals surface area contributed by atoms with E-state index in [9.17, 15) is 5.11 Å². The molecule has 0 fully saturated rings. The van der Waals surface area contributed by atoms with Gasteiger partial charge in [0, 0.05) is 12.5 Å². The molecule has 0 spiro atoms. The van der Waals surface area contributed by atoms with Gasteiger partial charge in [0.15, 0.2) is 0 Å². The molecule has 4 heteroatoms. The van der Waals surface area contributed by atoms with Gasteiger partial charge in [-0.05, 0) is 33.3 Å². The molecule has 1 aromatic heterocycles. The summed E-state index contributed by atoms with van der Waals surface area (Å²) < 4.78 is 1.79. The average molecular weight is 293 g/mol. The van der Waals surface area contributed by atoms with E-state index in [0.29, 0.717) is 17.1 Å². The summed E-state index contributed by atoms with van der Waals surface area (Å²) in [5.41, 5.74) is 4.22. The summed E-state index contributed by atoms with van der Waals surface area (Å²) in [6.45, 7) is 8.18. The van der Waals surface area contributed by atoms with E-state index in [1.807, 2.05) is 13.8 Å². The molecule has 0 saturated heterocycles. The summed E-state index contributed by atoms with van der Waals surface area (Å²) in [7, 11) is 0. The van der Waals surface area contributed by atoms with Crippen LogP contribution in [0.25, 0.3) is 0 Å². The molecule has 0 bridgehead atoms. The molecule has 20 heavy (non-hydrogen) atoms. The predicted octanol–water partition coefficient (Wildman–Crippen LogP) is 4.01. The molecule has 3 nitrogen and oxygen atoms in total. The third-order valence-electron chi connectivity index (χ3n) is 3.30. The lowest BCUT2D eigenvalue weighted by atomic mass is 10.0. The van der Waals surface area contributed by atoms with Crippen LogP contribution in [0.3, 0.4) is 0 Å². The van der Waals surface area contributed by atoms with Crippen molar-refractivity contribution in [1.82, 2.24) is 9.78 Å². The number of aromatic nitrogens is 2. The number of nitrogens with zero attached hydrogens (tertiary/aromatic N) is 2. The Morgan fingerprint density at radius 3 is 2.35 bits per heavy atom. The van der Waals surface area contributed by atoms with Crippen LogP contribution in [0.15, 0.2) is 24.4 Å². The Hall–Kier alpha value is -1.32. The summed E-state index contributed by atoms with van der Waals surface area (Å²) in [6.07, 6.45) is 1.50. The largest absolute Gasteiger partial charge is 0.386 e. The van der Waals surface area contributed by atoms with Gasteiger partial charge >= 0.3 is 0 Å². The smallest absolute Gasteiger partial charge is 0.101 e. The Bertz CT molecular complexity index is 584. The molecule has 1 heterocycles. The SMILES string of the molecule is Cc1cc(C)cc(CC(O)c2c(Cl)cnn2C(C)C)c1. The first-order chi connectivity index (χ1) is 9.38. The molecule has 0 amide bonds. The van der Waals surface area contributed by atoms with Crippen LogP contribution in [0.2, 0.25) is 5.02 Å². The van der Waals surface area contributed by atoms with Crippen LogP contribution < -0.4 is 0 Å². The number of hydrogen-bond donors (Lipinski definition) is 1. The lowest BCUT2D eigenvalue weighted by Gasteiger charge is -2.17. The van der Waals surface area contributed by atoms with Crippen molar-refractivity contribution in [3.8, 4) is 0 Å². The van der Waals surface area contributed by atoms with E-state index in [4.69, 9.17) is 11.6 Å². The molecule has 1 N–H and O–H groups in total. The maximum Gasteiger partial charge on any atom is 0.101 e. The zero-order valence-corrected chi connectivity index (χ0v) is 13.1. The maximum atomic E-state index is 10.5. The first-order valence-electron chi connectivity index (χ1n) is 6.86. The predicted molar refractivity (Wildman–Crippen MR) is 82.2 cm³/mol. The standard InChI is InChI=1S/C16H21ClN2O/c1-10(2)19-16(14(17)9-18-19)15(20)8-13-6-11(3)5-12(4)7-13/h5-7,9-10,15,20H,8H2,1-4H3. The number of halogens is 1. The van der Waals surface area contributed by atoms with Crippen molar-refractivity contribution in [3.63, 3.8) is 0 Å². The van der Waals surface area contributed by atoms with Gasteiger partial charge in [0.1, 0.15) is 6.10 Å². The molecule has 0 aliphatic carbocycles. The first-order valence-corrected chi connectivity index (χ1v) is 7.24. The van der Waals surface area contributed by atoms with E-state index in [1.54, 1.807) is 10.9 Å². The quantitative estimate of drug-likeness (QED) is 0.924. The molecule has 0 radical (unpaired) electrons. The van der Waals surface area contributed by atoms with E-state index in [1.165, 1.54) is 11.1 Å². The topological polar surface area (TPSA) is 38.1 Å². The van der Waals surface area contributed by atoms with Gasteiger partial charge in [-0.15, -0.1) is 0 Å². The number of hydrogen-bond acceptors (Lipinski definition) is 2. The highest BCUT2D eigenvalue weighted by Crippen LogP contribution is 2.28. The third kappa shape index (κ3) is 3.22. The molecule has 0 aliphatic rings. The normalized spacial score (nSPS) is 12.9. The molecule has 1 unspecified atom stereocenters. The van der Waals surface area contributed by atoms with Crippen molar-refractivity contribution in [2.24, 2.45) is 0 Å². The van der Waals surface area contributed by atoms with Crippen LogP contribution in [0.4, 0.5) is 0 Å². The Morgan fingerprint density at radius 1 is 1.20 bits per heavy atom. The minimum Gasteiger partial charge on any atom is -0.386 e. The van der Waals surface area contributed by atoms with Crippen molar-refractivity contribution >= 4 is 11.6 Å². The second-order valence-corrected chi connectivity index (χ2v) is 6.04. The summed E-state index contributed by atoms with van der Waals surface area (Å²) >= 11 is 6.17. The minimum absolute atomic E-state index is 0.173. The summed E-state index contributed by atoms with van der Waals surface area (Å²) in [6, 6.07) is 6.49. The zero-order chi connectivity index (χ0) is 14.9. The van der Waals surface area contributed by atoms with Crippen LogP contribution in [0.5, 0.6) is 0 Å². The van der Waals surface area contributed by atoms with Crippen LogP contribution in [0, 0.1) is 13.8 Å². The molecule has 2 aromatic rings. The van der Waals surface area contributed by atoms with E-state index >= 15 is 0 Å². The van der Waals surface area contributed by atoms with E-state index in [-0.39, 0.29) is 6.04 Å². The van der Waals surface area contributed by atoms with Crippen molar-refractivity contribution in [3.05, 3.63) is 51.8 Å². The average Bonchev–Trinajstić information content (AvgIpc) is 2.69. The number of aliphatic hydroxyl groups excluding tert-OH is 1. The van der Waals surface area contributed by atoms with Gasteiger partial charge in [0.05, 0.1) is 16.9 Å². The monoisotopic (exact) mass is 292 g/mol. The highest BCUT2D eigenvalue weighted by molar-refractivity contribution is 6.31.